The van der Waals surface area contributed by atoms with Crippen LogP contribution in [0.4, 0.5) is 5.69 Å². The molecule has 0 saturated heterocycles. The molecule has 4 rings (SSSR count). The maximum Gasteiger partial charge on any atom is 0.159 e. The van der Waals surface area contributed by atoms with Gasteiger partial charge in [0.1, 0.15) is 16.9 Å². The number of hydrogen-bond donors (Lipinski definition) is 1. The number of benzene rings is 3. The van der Waals surface area contributed by atoms with E-state index in [1.54, 1.807) is 0 Å². The molecule has 1 aliphatic heterocycles. The third-order valence-electron chi connectivity index (χ3n) is 8.99. The summed E-state index contributed by atoms with van der Waals surface area (Å²) in [6.07, 6.45) is 25.4. The van der Waals surface area contributed by atoms with Gasteiger partial charge in [-0.1, -0.05) is 128 Å². The topological polar surface area (TPSA) is 55.0 Å². The van der Waals surface area contributed by atoms with Crippen LogP contribution in [-0.4, -0.2) is 18.1 Å². The highest BCUT2D eigenvalue weighted by Gasteiger charge is 2.16. The first-order valence-corrected chi connectivity index (χ1v) is 17.8. The number of quaternary nitrogens is 1. The molecule has 43 heavy (non-hydrogen) atoms. The van der Waals surface area contributed by atoms with Gasteiger partial charge in [0.25, 0.3) is 0 Å². The number of aryl methyl sites for hydroxylation is 1. The molecule has 2 aliphatic rings. The van der Waals surface area contributed by atoms with E-state index < -0.39 is 0 Å². The average molecular weight is 585 g/mol. The highest BCUT2D eigenvalue weighted by molar-refractivity contribution is 6.08. The Morgan fingerprint density at radius 1 is 0.674 bits per heavy atom. The van der Waals surface area contributed by atoms with Crippen LogP contribution in [0, 0.1) is 6.92 Å². The van der Waals surface area contributed by atoms with Crippen LogP contribution in [0.3, 0.4) is 0 Å². The molecule has 1 aliphatic carbocycles. The van der Waals surface area contributed by atoms with E-state index in [0.29, 0.717) is 0 Å². The summed E-state index contributed by atoms with van der Waals surface area (Å²) in [6.45, 7) is 8.32. The summed E-state index contributed by atoms with van der Waals surface area (Å²) in [5.74, 6) is 0.801. The molecule has 0 radical (unpaired) electrons. The highest BCUT2D eigenvalue weighted by Crippen LogP contribution is 2.32. The first kappa shape index (κ1) is 33.2. The van der Waals surface area contributed by atoms with Gasteiger partial charge in [0, 0.05) is 29.4 Å². The fraction of sp³-hybridized carbons (Fsp3) is 0.590. The standard InChI is InChI=1S/C39H57N3O/c1-4-6-7-8-9-10-11-12-13-14-15-16-17-18-19-20-21-24-27-41-35-30-38-39(33-26-23-22-25-32(33)35)42-36-28-31(3)34(40-5-2)29-37(36)43-38/h22-23,25-26,28-30,41H,4-21,24,27H2,1-3H3/p+1. The summed E-state index contributed by atoms with van der Waals surface area (Å²) >= 11 is 0. The van der Waals surface area contributed by atoms with Crippen molar-refractivity contribution in [2.45, 2.75) is 136 Å². The molecule has 234 valence electrons. The van der Waals surface area contributed by atoms with Crippen molar-refractivity contribution in [2.75, 3.05) is 13.1 Å². The number of fused-ring (bicyclic) bond motifs is 4. The van der Waals surface area contributed by atoms with Crippen LogP contribution in [0.25, 0.3) is 33.3 Å². The number of unbranched alkanes of at least 4 members (excludes halogenated alkanes) is 17. The maximum atomic E-state index is 6.44. The Morgan fingerprint density at radius 2 is 1.23 bits per heavy atom. The average Bonchev–Trinajstić information content (AvgIpc) is 3.02. The van der Waals surface area contributed by atoms with E-state index in [2.05, 4.69) is 67.5 Å². The molecule has 0 aromatic heterocycles. The zero-order valence-corrected chi connectivity index (χ0v) is 27.6. The fourth-order valence-electron chi connectivity index (χ4n) is 6.44. The summed E-state index contributed by atoms with van der Waals surface area (Å²) < 4.78 is 6.44. The van der Waals surface area contributed by atoms with Crippen LogP contribution < -0.4 is 10.7 Å². The lowest BCUT2D eigenvalue weighted by Gasteiger charge is -2.12. The van der Waals surface area contributed by atoms with Gasteiger partial charge in [0.2, 0.25) is 0 Å². The molecule has 0 bridgehead atoms. The minimum Gasteiger partial charge on any atom is -0.452 e. The molecule has 0 saturated carbocycles. The van der Waals surface area contributed by atoms with Crippen molar-refractivity contribution in [1.82, 2.24) is 4.98 Å². The molecule has 2 aromatic rings. The van der Waals surface area contributed by atoms with Crippen LogP contribution in [0.15, 0.2) is 51.9 Å². The monoisotopic (exact) mass is 584 g/mol. The maximum absolute atomic E-state index is 6.44. The van der Waals surface area contributed by atoms with Crippen LogP contribution in [0.1, 0.15) is 135 Å². The number of aromatic nitrogens is 1. The fourth-order valence-corrected chi connectivity index (χ4v) is 6.44. The van der Waals surface area contributed by atoms with E-state index in [4.69, 9.17) is 9.40 Å². The predicted octanol–water partition coefficient (Wildman–Crippen LogP) is 10.6. The summed E-state index contributed by atoms with van der Waals surface area (Å²) in [7, 11) is 0. The number of nitrogens with zero attached hydrogens (tertiary/aromatic N) is 2. The van der Waals surface area contributed by atoms with E-state index in [1.165, 1.54) is 127 Å². The van der Waals surface area contributed by atoms with Crippen LogP contribution in [-0.2, 0) is 0 Å². The van der Waals surface area contributed by atoms with Gasteiger partial charge in [-0.25, -0.2) is 4.98 Å². The Kier molecular flexibility index (Phi) is 14.5. The number of rotatable bonds is 21. The third-order valence-corrected chi connectivity index (χ3v) is 8.99. The van der Waals surface area contributed by atoms with Gasteiger partial charge < -0.3 is 9.73 Å². The molecule has 0 spiro atoms. The van der Waals surface area contributed by atoms with Gasteiger partial charge in [-0.2, -0.15) is 0 Å². The molecular formula is C39H58N3O+. The summed E-state index contributed by atoms with van der Waals surface area (Å²) in [5, 5.41) is 5.81. The lowest BCUT2D eigenvalue weighted by atomic mass is 10.0. The van der Waals surface area contributed by atoms with E-state index in [0.717, 1.165) is 52.0 Å². The second-order valence-corrected chi connectivity index (χ2v) is 12.7. The quantitative estimate of drug-likeness (QED) is 0.0458. The largest absolute Gasteiger partial charge is 0.452 e. The van der Waals surface area contributed by atoms with Crippen molar-refractivity contribution >= 4 is 27.6 Å². The molecule has 0 amide bonds. The Labute approximate surface area is 261 Å². The van der Waals surface area contributed by atoms with Gasteiger partial charge in [-0.15, -0.1) is 0 Å². The molecule has 2 N–H and O–H groups in total. The Morgan fingerprint density at radius 3 is 1.81 bits per heavy atom. The van der Waals surface area contributed by atoms with E-state index in [9.17, 15) is 0 Å². The van der Waals surface area contributed by atoms with Gasteiger partial charge in [0.15, 0.2) is 11.3 Å². The molecule has 4 nitrogen and oxygen atoms in total. The summed E-state index contributed by atoms with van der Waals surface area (Å²) in [6, 6.07) is 14.9. The normalized spacial score (nSPS) is 12.3. The van der Waals surface area contributed by atoms with Crippen molar-refractivity contribution < 1.29 is 9.73 Å². The SMILES string of the molecule is CCCCCCCCCCCCCCCCCCCC[NH2+]c1cc2oc3cc(=NCC)c(C)cc-3nc2c2ccccc12. The number of nitrogens with two attached hydrogens (primary N) is 1. The Balaban J connectivity index is 1.14. The number of hydrogen-bond acceptors (Lipinski definition) is 3. The molecule has 1 heterocycles. The summed E-state index contributed by atoms with van der Waals surface area (Å²) in [4.78, 5) is 9.67. The second kappa shape index (κ2) is 18.8. The van der Waals surface area contributed by atoms with E-state index in [-0.39, 0.29) is 0 Å². The van der Waals surface area contributed by atoms with Crippen molar-refractivity contribution in [3.05, 3.63) is 53.4 Å². The third kappa shape index (κ3) is 10.4. The van der Waals surface area contributed by atoms with Crippen molar-refractivity contribution in [3.8, 4) is 11.5 Å². The minimum atomic E-state index is 0.760. The lowest BCUT2D eigenvalue weighted by Crippen LogP contribution is -2.78. The summed E-state index contributed by atoms with van der Waals surface area (Å²) in [5.41, 5.74) is 5.07. The molecule has 0 unspecified atom stereocenters. The first-order valence-electron chi connectivity index (χ1n) is 17.8. The van der Waals surface area contributed by atoms with Gasteiger partial charge in [0.05, 0.1) is 11.9 Å². The van der Waals surface area contributed by atoms with Crippen molar-refractivity contribution in [3.63, 3.8) is 0 Å². The molecular weight excluding hydrogens is 526 g/mol. The zero-order valence-electron chi connectivity index (χ0n) is 27.6. The van der Waals surface area contributed by atoms with Crippen LogP contribution in [0.5, 0.6) is 0 Å². The molecule has 2 aromatic carbocycles. The minimum absolute atomic E-state index is 0.760. The van der Waals surface area contributed by atoms with Crippen LogP contribution >= 0.6 is 0 Å². The van der Waals surface area contributed by atoms with Crippen molar-refractivity contribution in [1.29, 1.82) is 0 Å². The molecule has 4 heteroatoms. The van der Waals surface area contributed by atoms with Crippen molar-refractivity contribution in [2.24, 2.45) is 4.99 Å². The Hall–Kier alpha value is -2.72. The predicted molar refractivity (Wildman–Crippen MR) is 184 cm³/mol. The van der Waals surface area contributed by atoms with Gasteiger partial charge >= 0.3 is 0 Å². The van der Waals surface area contributed by atoms with Crippen LogP contribution in [0.2, 0.25) is 0 Å². The van der Waals surface area contributed by atoms with Gasteiger partial charge in [-0.05, 0) is 44.4 Å². The smallest absolute Gasteiger partial charge is 0.159 e. The molecule has 0 fully saturated rings. The van der Waals surface area contributed by atoms with Gasteiger partial charge in [-0.3, -0.25) is 4.99 Å². The van der Waals surface area contributed by atoms with E-state index >= 15 is 0 Å². The highest BCUT2D eigenvalue weighted by atomic mass is 16.3. The zero-order chi connectivity index (χ0) is 30.1. The Bertz CT molecular complexity index is 1410. The first-order chi connectivity index (χ1) is 21.2. The van der Waals surface area contributed by atoms with E-state index in [1.807, 2.05) is 6.07 Å². The molecule has 0 atom stereocenters. The lowest BCUT2D eigenvalue weighted by molar-refractivity contribution is -0.570. The second-order valence-electron chi connectivity index (χ2n) is 12.7.